The lowest BCUT2D eigenvalue weighted by atomic mass is 9.93. The van der Waals surface area contributed by atoms with Gasteiger partial charge < -0.3 is 14.3 Å². The normalized spacial score (nSPS) is 16.7. The summed E-state index contributed by atoms with van der Waals surface area (Å²) in [6.07, 6.45) is 2.59. The van der Waals surface area contributed by atoms with Crippen molar-refractivity contribution in [3.63, 3.8) is 0 Å². The van der Waals surface area contributed by atoms with Crippen LogP contribution in [0.15, 0.2) is 41.0 Å². The zero-order valence-corrected chi connectivity index (χ0v) is 11.2. The largest absolute Gasteiger partial charge is 0.497 e. The Bertz CT molecular complexity index is 737. The number of aliphatic hydroxyl groups is 1. The molecule has 2 aromatic rings. The van der Waals surface area contributed by atoms with Crippen molar-refractivity contribution in [2.24, 2.45) is 0 Å². The fourth-order valence-corrected chi connectivity index (χ4v) is 2.26. The van der Waals surface area contributed by atoms with Gasteiger partial charge >= 0.3 is 0 Å². The smallest absolute Gasteiger partial charge is 0.196 e. The molecule has 5 nitrogen and oxygen atoms in total. The monoisotopic (exact) mass is 284 g/mol. The number of ether oxygens (including phenoxy) is 1. The molecule has 1 atom stereocenters. The number of ketones is 2. The third-order valence-electron chi connectivity index (χ3n) is 3.40. The van der Waals surface area contributed by atoms with Crippen molar-refractivity contribution in [2.45, 2.75) is 6.10 Å². The lowest BCUT2D eigenvalue weighted by Gasteiger charge is -2.12. The average molecular weight is 284 g/mol. The minimum Gasteiger partial charge on any atom is -0.497 e. The van der Waals surface area contributed by atoms with E-state index in [2.05, 4.69) is 0 Å². The van der Waals surface area contributed by atoms with Gasteiger partial charge in [-0.3, -0.25) is 9.59 Å². The van der Waals surface area contributed by atoms with Crippen molar-refractivity contribution in [1.82, 2.24) is 0 Å². The van der Waals surface area contributed by atoms with Crippen molar-refractivity contribution < 1.29 is 23.8 Å². The van der Waals surface area contributed by atoms with Gasteiger partial charge in [-0.2, -0.15) is 0 Å². The summed E-state index contributed by atoms with van der Waals surface area (Å²) in [6.45, 7) is 0. The lowest BCUT2D eigenvalue weighted by Crippen LogP contribution is -2.16. The third kappa shape index (κ3) is 2.17. The van der Waals surface area contributed by atoms with Crippen LogP contribution in [-0.4, -0.2) is 23.8 Å². The van der Waals surface area contributed by atoms with Crippen molar-refractivity contribution in [2.75, 3.05) is 7.11 Å². The Hall–Kier alpha value is -2.66. The van der Waals surface area contributed by atoms with Crippen LogP contribution in [0.3, 0.4) is 0 Å². The van der Waals surface area contributed by atoms with E-state index in [0.29, 0.717) is 17.1 Å². The summed E-state index contributed by atoms with van der Waals surface area (Å²) in [4.78, 5) is 24.0. The molecule has 3 rings (SSSR count). The minimum atomic E-state index is -1.36. The van der Waals surface area contributed by atoms with E-state index < -0.39 is 11.9 Å². The van der Waals surface area contributed by atoms with Crippen LogP contribution in [0, 0.1) is 0 Å². The number of rotatable bonds is 3. The number of furan rings is 1. The van der Waals surface area contributed by atoms with Gasteiger partial charge in [0.25, 0.3) is 0 Å². The molecule has 1 aromatic carbocycles. The molecule has 1 aliphatic rings. The molecule has 5 heteroatoms. The predicted octanol–water partition coefficient (Wildman–Crippen LogP) is 2.15. The fourth-order valence-electron chi connectivity index (χ4n) is 2.26. The maximum Gasteiger partial charge on any atom is 0.196 e. The highest BCUT2D eigenvalue weighted by atomic mass is 16.5. The molecule has 1 aliphatic carbocycles. The van der Waals surface area contributed by atoms with Crippen LogP contribution in [0.1, 0.15) is 33.3 Å². The number of hydrogen-bond acceptors (Lipinski definition) is 5. The Labute approximate surface area is 120 Å². The van der Waals surface area contributed by atoms with Crippen molar-refractivity contribution >= 4 is 17.6 Å². The average Bonchev–Trinajstić information content (AvgIpc) is 2.95. The highest BCUT2D eigenvalue weighted by Crippen LogP contribution is 2.32. The maximum absolute atomic E-state index is 12.5. The first-order chi connectivity index (χ1) is 10.1. The van der Waals surface area contributed by atoms with Gasteiger partial charge in [0.15, 0.2) is 11.6 Å². The van der Waals surface area contributed by atoms with E-state index in [1.54, 1.807) is 24.3 Å². The van der Waals surface area contributed by atoms with Crippen molar-refractivity contribution in [3.05, 3.63) is 59.1 Å². The summed E-state index contributed by atoms with van der Waals surface area (Å²) in [7, 11) is 1.54. The number of fused-ring (bicyclic) bond motifs is 1. The number of benzene rings is 1. The molecular formula is C16H12O5. The Morgan fingerprint density at radius 3 is 2.62 bits per heavy atom. The number of carbonyl (C=O) groups excluding carboxylic acids is 2. The van der Waals surface area contributed by atoms with Gasteiger partial charge in [-0.25, -0.2) is 0 Å². The zero-order valence-electron chi connectivity index (χ0n) is 11.2. The van der Waals surface area contributed by atoms with Gasteiger partial charge in [-0.15, -0.1) is 0 Å². The van der Waals surface area contributed by atoms with E-state index >= 15 is 0 Å². The Balaban J connectivity index is 2.01. The first-order valence-electron chi connectivity index (χ1n) is 6.32. The first kappa shape index (κ1) is 13.3. The lowest BCUT2D eigenvalue weighted by molar-refractivity contribution is -0.122. The molecule has 0 spiro atoms. The van der Waals surface area contributed by atoms with Crippen molar-refractivity contribution in [3.8, 4) is 5.75 Å². The fraction of sp³-hybridized carbons (Fsp3) is 0.125. The first-order valence-corrected chi connectivity index (χ1v) is 6.32. The second-order valence-corrected chi connectivity index (χ2v) is 4.62. The van der Waals surface area contributed by atoms with Crippen LogP contribution < -0.4 is 4.74 Å². The third-order valence-corrected chi connectivity index (χ3v) is 3.40. The van der Waals surface area contributed by atoms with E-state index in [4.69, 9.17) is 9.15 Å². The zero-order chi connectivity index (χ0) is 15.0. The summed E-state index contributed by atoms with van der Waals surface area (Å²) in [5.74, 6) is 0.190. The number of hydrogen-bond donors (Lipinski definition) is 1. The molecule has 1 aromatic heterocycles. The molecule has 0 bridgehead atoms. The van der Waals surface area contributed by atoms with Crippen LogP contribution >= 0.6 is 0 Å². The maximum atomic E-state index is 12.5. The number of methoxy groups -OCH3 is 1. The van der Waals surface area contributed by atoms with Gasteiger partial charge in [0.1, 0.15) is 23.9 Å². The molecule has 0 saturated heterocycles. The molecule has 1 heterocycles. The summed E-state index contributed by atoms with van der Waals surface area (Å²) in [5.41, 5.74) is 0.845. The molecule has 0 aliphatic heterocycles. The second-order valence-electron chi connectivity index (χ2n) is 4.62. The van der Waals surface area contributed by atoms with Crippen LogP contribution in [0.4, 0.5) is 0 Å². The van der Waals surface area contributed by atoms with E-state index in [-0.39, 0.29) is 16.9 Å². The molecule has 106 valence electrons. The van der Waals surface area contributed by atoms with Crippen molar-refractivity contribution in [1.29, 1.82) is 0 Å². The second kappa shape index (κ2) is 5.03. The van der Waals surface area contributed by atoms with Crippen LogP contribution in [0.25, 0.3) is 6.08 Å². The van der Waals surface area contributed by atoms with Gasteiger partial charge in [-0.1, -0.05) is 0 Å². The molecular weight excluding hydrogens is 272 g/mol. The summed E-state index contributed by atoms with van der Waals surface area (Å²) in [6, 6.07) is 6.57. The molecule has 21 heavy (non-hydrogen) atoms. The highest BCUT2D eigenvalue weighted by Gasteiger charge is 2.30. The molecule has 1 unspecified atom stereocenters. The number of carbonyl (C=O) groups is 2. The molecule has 0 radical (unpaired) electrons. The van der Waals surface area contributed by atoms with E-state index in [1.807, 2.05) is 0 Å². The molecule has 1 N–H and O–H groups in total. The Kier molecular flexibility index (Phi) is 3.19. The van der Waals surface area contributed by atoms with Crippen LogP contribution in [-0.2, 0) is 4.79 Å². The summed E-state index contributed by atoms with van der Waals surface area (Å²) in [5, 5.41) is 9.94. The Morgan fingerprint density at radius 2 is 1.95 bits per heavy atom. The minimum absolute atomic E-state index is 0.195. The van der Waals surface area contributed by atoms with Gasteiger partial charge in [0.05, 0.1) is 12.7 Å². The molecule has 0 saturated carbocycles. The molecule has 0 amide bonds. The standard InChI is InChI=1S/C16H12O5/c1-20-10-4-2-9(3-5-10)15(18)11-8-21-13-7-6-12(17)16(19)14(11)13/h2-8,16,19H,1H3. The van der Waals surface area contributed by atoms with E-state index in [1.165, 1.54) is 25.5 Å². The van der Waals surface area contributed by atoms with Crippen LogP contribution in [0.5, 0.6) is 5.75 Å². The highest BCUT2D eigenvalue weighted by molar-refractivity contribution is 6.12. The Morgan fingerprint density at radius 1 is 1.24 bits per heavy atom. The number of aliphatic hydroxyl groups excluding tert-OH is 1. The summed E-state index contributed by atoms with van der Waals surface area (Å²) < 4.78 is 10.3. The van der Waals surface area contributed by atoms with E-state index in [9.17, 15) is 14.7 Å². The molecule has 0 fully saturated rings. The van der Waals surface area contributed by atoms with Gasteiger partial charge in [0.2, 0.25) is 0 Å². The van der Waals surface area contributed by atoms with E-state index in [0.717, 1.165) is 0 Å². The predicted molar refractivity (Wildman–Crippen MR) is 74.1 cm³/mol. The quantitative estimate of drug-likeness (QED) is 0.874. The van der Waals surface area contributed by atoms with Gasteiger partial charge in [0, 0.05) is 11.1 Å². The topological polar surface area (TPSA) is 76.7 Å². The summed E-state index contributed by atoms with van der Waals surface area (Å²) >= 11 is 0. The van der Waals surface area contributed by atoms with Crippen LogP contribution in [0.2, 0.25) is 0 Å². The van der Waals surface area contributed by atoms with Gasteiger partial charge in [-0.05, 0) is 36.4 Å². The SMILES string of the molecule is COc1ccc(C(=O)c2coc3c2C(O)C(=O)C=C3)cc1.